The van der Waals surface area contributed by atoms with Gasteiger partial charge >= 0.3 is 6.36 Å². The molecular weight excluding hydrogens is 404 g/mol. The summed E-state index contributed by atoms with van der Waals surface area (Å²) in [7, 11) is 0. The van der Waals surface area contributed by atoms with Crippen LogP contribution in [-0.4, -0.2) is 6.36 Å². The molecule has 5 heteroatoms. The van der Waals surface area contributed by atoms with Gasteiger partial charge in [0.2, 0.25) is 0 Å². The molecule has 2 saturated carbocycles. The predicted octanol–water partition coefficient (Wildman–Crippen LogP) is 8.76. The van der Waals surface area contributed by atoms with Gasteiger partial charge < -0.3 is 4.74 Å². The van der Waals surface area contributed by atoms with Crippen molar-refractivity contribution in [3.8, 4) is 5.75 Å². The minimum absolute atomic E-state index is 0.173. The predicted molar refractivity (Wildman–Crippen MR) is 116 cm³/mol. The van der Waals surface area contributed by atoms with E-state index >= 15 is 0 Å². The molecule has 0 bridgehead atoms. The lowest BCUT2D eigenvalue weighted by atomic mass is 9.63. The third-order valence-electron chi connectivity index (χ3n) is 7.58. The van der Waals surface area contributed by atoms with E-state index in [1.54, 1.807) is 6.07 Å². The molecule has 2 aromatic rings. The standard InChI is InChI=1S/C26H32F4O/c1-2-3-4-5-17-6-7-19-15-20(9-8-18(19)14-17)21-10-12-23-22(16-21)11-13-24(25(23)27)31-26(28,29)30/h10-13,16-20H,2-9,14-15H2,1H3. The third kappa shape index (κ3) is 5.35. The Morgan fingerprint density at radius 2 is 1.71 bits per heavy atom. The molecule has 2 aliphatic carbocycles. The second kappa shape index (κ2) is 9.38. The first-order chi connectivity index (χ1) is 14.8. The van der Waals surface area contributed by atoms with Gasteiger partial charge in [-0.3, -0.25) is 0 Å². The van der Waals surface area contributed by atoms with E-state index in [0.29, 0.717) is 11.3 Å². The first-order valence-corrected chi connectivity index (χ1v) is 11.8. The van der Waals surface area contributed by atoms with Gasteiger partial charge in [0.25, 0.3) is 0 Å². The molecule has 0 saturated heterocycles. The number of alkyl halides is 3. The van der Waals surface area contributed by atoms with E-state index in [-0.39, 0.29) is 5.39 Å². The average molecular weight is 437 g/mol. The normalized spacial score (nSPS) is 26.6. The van der Waals surface area contributed by atoms with Gasteiger partial charge in [0.15, 0.2) is 11.6 Å². The maximum absolute atomic E-state index is 14.5. The molecule has 0 N–H and O–H groups in total. The number of halogens is 4. The molecule has 2 aliphatic rings. The van der Waals surface area contributed by atoms with Crippen LogP contribution in [0.2, 0.25) is 0 Å². The Hall–Kier alpha value is -1.78. The van der Waals surface area contributed by atoms with E-state index < -0.39 is 17.9 Å². The van der Waals surface area contributed by atoms with Gasteiger partial charge in [0.1, 0.15) is 0 Å². The van der Waals surface area contributed by atoms with Crippen molar-refractivity contribution in [3.05, 3.63) is 41.7 Å². The molecule has 170 valence electrons. The number of benzene rings is 2. The summed E-state index contributed by atoms with van der Waals surface area (Å²) in [6.07, 6.45) is 8.11. The molecule has 4 unspecified atom stereocenters. The molecule has 0 spiro atoms. The number of fused-ring (bicyclic) bond motifs is 2. The van der Waals surface area contributed by atoms with E-state index in [0.717, 1.165) is 30.2 Å². The summed E-state index contributed by atoms with van der Waals surface area (Å²) in [5.41, 5.74) is 1.18. The molecule has 4 atom stereocenters. The lowest BCUT2D eigenvalue weighted by molar-refractivity contribution is -0.275. The zero-order chi connectivity index (χ0) is 22.0. The molecule has 2 fully saturated rings. The Morgan fingerprint density at radius 3 is 2.48 bits per heavy atom. The largest absolute Gasteiger partial charge is 0.573 e. The van der Waals surface area contributed by atoms with Gasteiger partial charge in [-0.2, -0.15) is 0 Å². The van der Waals surface area contributed by atoms with Gasteiger partial charge in [-0.05, 0) is 72.8 Å². The number of unbranched alkanes of at least 4 members (excludes halogenated alkanes) is 2. The maximum atomic E-state index is 14.5. The van der Waals surface area contributed by atoms with Crippen LogP contribution in [0.1, 0.15) is 82.6 Å². The quantitative estimate of drug-likeness (QED) is 0.325. The molecule has 0 heterocycles. The van der Waals surface area contributed by atoms with Crippen LogP contribution >= 0.6 is 0 Å². The van der Waals surface area contributed by atoms with Crippen LogP contribution in [0.25, 0.3) is 10.8 Å². The Labute approximate surface area is 182 Å². The Morgan fingerprint density at radius 1 is 0.935 bits per heavy atom. The minimum Gasteiger partial charge on any atom is -0.403 e. The van der Waals surface area contributed by atoms with Crippen molar-refractivity contribution in [3.63, 3.8) is 0 Å². The van der Waals surface area contributed by atoms with Crippen LogP contribution in [0.5, 0.6) is 5.75 Å². The van der Waals surface area contributed by atoms with Crippen LogP contribution in [0, 0.1) is 23.6 Å². The highest BCUT2D eigenvalue weighted by molar-refractivity contribution is 5.85. The summed E-state index contributed by atoms with van der Waals surface area (Å²) >= 11 is 0. The SMILES string of the molecule is CCCCCC1CCC2CC(c3ccc4c(F)c(OC(F)(F)F)ccc4c3)CCC2C1. The zero-order valence-corrected chi connectivity index (χ0v) is 18.2. The number of hydrogen-bond donors (Lipinski definition) is 0. The number of ether oxygens (including phenoxy) is 1. The molecule has 31 heavy (non-hydrogen) atoms. The van der Waals surface area contributed by atoms with Crippen molar-refractivity contribution >= 4 is 10.8 Å². The van der Waals surface area contributed by atoms with Gasteiger partial charge in [0, 0.05) is 5.39 Å². The van der Waals surface area contributed by atoms with Crippen LogP contribution in [0.15, 0.2) is 30.3 Å². The van der Waals surface area contributed by atoms with Crippen molar-refractivity contribution in [2.45, 2.75) is 83.4 Å². The highest BCUT2D eigenvalue weighted by Crippen LogP contribution is 2.48. The molecule has 0 radical (unpaired) electrons. The molecule has 0 aromatic heterocycles. The zero-order valence-electron chi connectivity index (χ0n) is 18.2. The van der Waals surface area contributed by atoms with Crippen molar-refractivity contribution in [1.82, 2.24) is 0 Å². The van der Waals surface area contributed by atoms with E-state index in [1.807, 2.05) is 12.1 Å². The molecule has 1 nitrogen and oxygen atoms in total. The fraction of sp³-hybridized carbons (Fsp3) is 0.615. The van der Waals surface area contributed by atoms with E-state index in [4.69, 9.17) is 0 Å². The maximum Gasteiger partial charge on any atom is 0.573 e. The lowest BCUT2D eigenvalue weighted by Gasteiger charge is -2.42. The molecule has 2 aromatic carbocycles. The van der Waals surface area contributed by atoms with Crippen molar-refractivity contribution in [2.24, 2.45) is 17.8 Å². The monoisotopic (exact) mass is 436 g/mol. The van der Waals surface area contributed by atoms with E-state index in [2.05, 4.69) is 11.7 Å². The number of rotatable bonds is 6. The van der Waals surface area contributed by atoms with Crippen molar-refractivity contribution < 1.29 is 22.3 Å². The summed E-state index contributed by atoms with van der Waals surface area (Å²) in [6.45, 7) is 2.26. The molecular formula is C26H32F4O. The summed E-state index contributed by atoms with van der Waals surface area (Å²) in [4.78, 5) is 0. The first kappa shape index (κ1) is 22.4. The fourth-order valence-electron chi connectivity index (χ4n) is 5.98. The lowest BCUT2D eigenvalue weighted by Crippen LogP contribution is -2.30. The van der Waals surface area contributed by atoms with Gasteiger partial charge in [-0.1, -0.05) is 63.3 Å². The molecule has 0 amide bonds. The van der Waals surface area contributed by atoms with Crippen LogP contribution in [-0.2, 0) is 0 Å². The van der Waals surface area contributed by atoms with Gasteiger partial charge in [0.05, 0.1) is 0 Å². The van der Waals surface area contributed by atoms with Crippen LogP contribution < -0.4 is 4.74 Å². The minimum atomic E-state index is -4.90. The van der Waals surface area contributed by atoms with Gasteiger partial charge in [-0.15, -0.1) is 13.2 Å². The van der Waals surface area contributed by atoms with E-state index in [9.17, 15) is 17.6 Å². The summed E-state index contributed by atoms with van der Waals surface area (Å²) in [6, 6.07) is 8.06. The van der Waals surface area contributed by atoms with Crippen LogP contribution in [0.3, 0.4) is 0 Å². The van der Waals surface area contributed by atoms with Crippen LogP contribution in [0.4, 0.5) is 17.6 Å². The fourth-order valence-corrected chi connectivity index (χ4v) is 5.98. The van der Waals surface area contributed by atoms with Crippen molar-refractivity contribution in [2.75, 3.05) is 0 Å². The molecule has 0 aliphatic heterocycles. The third-order valence-corrected chi connectivity index (χ3v) is 7.58. The Kier molecular flexibility index (Phi) is 6.78. The second-order valence-electron chi connectivity index (χ2n) is 9.61. The molecule has 4 rings (SSSR count). The number of hydrogen-bond acceptors (Lipinski definition) is 1. The summed E-state index contributed by atoms with van der Waals surface area (Å²) < 4.78 is 55.8. The van der Waals surface area contributed by atoms with Gasteiger partial charge in [-0.25, -0.2) is 4.39 Å². The second-order valence-corrected chi connectivity index (χ2v) is 9.61. The van der Waals surface area contributed by atoms with Crippen molar-refractivity contribution in [1.29, 1.82) is 0 Å². The summed E-state index contributed by atoms with van der Waals surface area (Å²) in [5.74, 6) is 1.25. The highest BCUT2D eigenvalue weighted by Gasteiger charge is 2.36. The Balaban J connectivity index is 1.43. The Bertz CT molecular complexity index is 891. The topological polar surface area (TPSA) is 9.23 Å². The summed E-state index contributed by atoms with van der Waals surface area (Å²) in [5, 5.41) is 0.804. The highest BCUT2D eigenvalue weighted by atomic mass is 19.4. The first-order valence-electron chi connectivity index (χ1n) is 11.8. The average Bonchev–Trinajstić information content (AvgIpc) is 2.74. The smallest absolute Gasteiger partial charge is 0.403 e. The van der Waals surface area contributed by atoms with E-state index in [1.165, 1.54) is 69.4 Å².